The van der Waals surface area contributed by atoms with E-state index in [2.05, 4.69) is 13.0 Å². The predicted octanol–water partition coefficient (Wildman–Crippen LogP) is 3.06. The van der Waals surface area contributed by atoms with Crippen molar-refractivity contribution in [1.82, 2.24) is 0 Å². The molecule has 0 amide bonds. The van der Waals surface area contributed by atoms with Gasteiger partial charge in [-0.2, -0.15) is 0 Å². The molecule has 17 heavy (non-hydrogen) atoms. The highest BCUT2D eigenvalue weighted by Crippen LogP contribution is 2.34. The van der Waals surface area contributed by atoms with E-state index in [4.69, 9.17) is 4.74 Å². The van der Waals surface area contributed by atoms with Crippen LogP contribution in [0.3, 0.4) is 0 Å². The fourth-order valence-corrected chi connectivity index (χ4v) is 2.07. The number of benzene rings is 1. The Labute approximate surface area is 102 Å². The van der Waals surface area contributed by atoms with Crippen LogP contribution < -0.4 is 0 Å². The van der Waals surface area contributed by atoms with E-state index in [1.807, 2.05) is 36.4 Å². The Morgan fingerprint density at radius 1 is 1.35 bits per heavy atom. The van der Waals surface area contributed by atoms with Gasteiger partial charge >= 0.3 is 5.97 Å². The summed E-state index contributed by atoms with van der Waals surface area (Å²) in [6.45, 7) is 4.23. The summed E-state index contributed by atoms with van der Waals surface area (Å²) in [7, 11) is 1.39. The lowest BCUT2D eigenvalue weighted by molar-refractivity contribution is 0.0598. The van der Waals surface area contributed by atoms with Crippen molar-refractivity contribution in [3.8, 4) is 0 Å². The SMILES string of the molecule is [CH2]C1(c2ccccc2C(=O)OC)C=CC=CC1. The number of hydrogen-bond acceptors (Lipinski definition) is 2. The molecule has 0 aromatic heterocycles. The fraction of sp³-hybridized carbons (Fsp3) is 0.200. The molecule has 0 saturated carbocycles. The van der Waals surface area contributed by atoms with Crippen LogP contribution in [0.1, 0.15) is 22.3 Å². The zero-order chi connectivity index (χ0) is 12.3. The Morgan fingerprint density at radius 3 is 2.76 bits per heavy atom. The molecule has 0 spiro atoms. The average Bonchev–Trinajstić information content (AvgIpc) is 2.39. The fourth-order valence-electron chi connectivity index (χ4n) is 2.07. The quantitative estimate of drug-likeness (QED) is 0.726. The van der Waals surface area contributed by atoms with E-state index in [-0.39, 0.29) is 11.4 Å². The summed E-state index contributed by atoms with van der Waals surface area (Å²) >= 11 is 0. The Hall–Kier alpha value is -1.83. The number of methoxy groups -OCH3 is 1. The number of hydrogen-bond donors (Lipinski definition) is 0. The van der Waals surface area contributed by atoms with Gasteiger partial charge in [0.05, 0.1) is 12.7 Å². The third-order valence-electron chi connectivity index (χ3n) is 3.01. The zero-order valence-corrected chi connectivity index (χ0v) is 9.85. The molecule has 0 heterocycles. The van der Waals surface area contributed by atoms with Crippen molar-refractivity contribution in [2.75, 3.05) is 7.11 Å². The number of esters is 1. The predicted molar refractivity (Wildman–Crippen MR) is 67.7 cm³/mol. The number of carbonyl (C=O) groups excluding carboxylic acids is 1. The Balaban J connectivity index is 2.48. The van der Waals surface area contributed by atoms with Gasteiger partial charge in [0.25, 0.3) is 0 Å². The molecule has 1 atom stereocenters. The van der Waals surface area contributed by atoms with Gasteiger partial charge in [0.1, 0.15) is 0 Å². The molecule has 0 N–H and O–H groups in total. The molecule has 1 aliphatic carbocycles. The molecule has 0 bridgehead atoms. The smallest absolute Gasteiger partial charge is 0.338 e. The van der Waals surface area contributed by atoms with Crippen molar-refractivity contribution in [1.29, 1.82) is 0 Å². The van der Waals surface area contributed by atoms with E-state index >= 15 is 0 Å². The van der Waals surface area contributed by atoms with Crippen molar-refractivity contribution >= 4 is 5.97 Å². The molecule has 0 fully saturated rings. The molecule has 2 rings (SSSR count). The van der Waals surface area contributed by atoms with Crippen LogP contribution in [0.2, 0.25) is 0 Å². The van der Waals surface area contributed by atoms with Gasteiger partial charge < -0.3 is 4.74 Å². The lowest BCUT2D eigenvalue weighted by atomic mass is 9.75. The molecule has 1 aliphatic rings. The topological polar surface area (TPSA) is 26.3 Å². The van der Waals surface area contributed by atoms with Crippen molar-refractivity contribution in [3.63, 3.8) is 0 Å². The highest BCUT2D eigenvalue weighted by atomic mass is 16.5. The monoisotopic (exact) mass is 227 g/mol. The lowest BCUT2D eigenvalue weighted by Gasteiger charge is -2.28. The van der Waals surface area contributed by atoms with Crippen LogP contribution in [-0.2, 0) is 10.2 Å². The number of rotatable bonds is 2. The van der Waals surface area contributed by atoms with Crippen LogP contribution in [0.15, 0.2) is 48.6 Å². The number of carbonyl (C=O) groups is 1. The summed E-state index contributed by atoms with van der Waals surface area (Å²) in [5.74, 6) is -0.313. The normalized spacial score (nSPS) is 22.5. The van der Waals surface area contributed by atoms with Crippen molar-refractivity contribution in [2.24, 2.45) is 0 Å². The third kappa shape index (κ3) is 2.16. The summed E-state index contributed by atoms with van der Waals surface area (Å²) in [5.41, 5.74) is 1.12. The first-order valence-electron chi connectivity index (χ1n) is 5.55. The minimum Gasteiger partial charge on any atom is -0.465 e. The van der Waals surface area contributed by atoms with Crippen LogP contribution >= 0.6 is 0 Å². The van der Waals surface area contributed by atoms with Gasteiger partial charge in [-0.3, -0.25) is 0 Å². The van der Waals surface area contributed by atoms with E-state index in [0.29, 0.717) is 5.56 Å². The maximum Gasteiger partial charge on any atom is 0.338 e. The summed E-state index contributed by atoms with van der Waals surface area (Å²) in [5, 5.41) is 0. The lowest BCUT2D eigenvalue weighted by Crippen LogP contribution is -2.23. The van der Waals surface area contributed by atoms with Gasteiger partial charge in [0, 0.05) is 5.41 Å². The standard InChI is InChI=1S/C15H15O2/c1-15(10-6-3-7-11-15)13-9-5-4-8-12(13)14(16)17-2/h3-10H,1,11H2,2H3. The summed E-state index contributed by atoms with van der Waals surface area (Å²) in [6.07, 6.45) is 8.82. The minimum absolute atomic E-state index is 0.313. The summed E-state index contributed by atoms with van der Waals surface area (Å²) in [6, 6.07) is 7.46. The van der Waals surface area contributed by atoms with Gasteiger partial charge in [-0.25, -0.2) is 4.79 Å². The highest BCUT2D eigenvalue weighted by molar-refractivity contribution is 5.91. The highest BCUT2D eigenvalue weighted by Gasteiger charge is 2.28. The molecular formula is C15H15O2. The molecule has 2 heteroatoms. The second-order valence-electron chi connectivity index (χ2n) is 4.18. The molecular weight excluding hydrogens is 212 g/mol. The number of ether oxygens (including phenoxy) is 1. The van der Waals surface area contributed by atoms with Gasteiger partial charge in [-0.1, -0.05) is 42.5 Å². The maximum atomic E-state index is 11.7. The second-order valence-corrected chi connectivity index (χ2v) is 4.18. The molecule has 0 saturated heterocycles. The van der Waals surface area contributed by atoms with Gasteiger partial charge in [-0.15, -0.1) is 0 Å². The summed E-state index contributed by atoms with van der Waals surface area (Å²) in [4.78, 5) is 11.7. The summed E-state index contributed by atoms with van der Waals surface area (Å²) < 4.78 is 4.80. The number of allylic oxidation sites excluding steroid dienone is 4. The van der Waals surface area contributed by atoms with Crippen LogP contribution in [0, 0.1) is 6.92 Å². The Bertz CT molecular complexity index is 485. The van der Waals surface area contributed by atoms with E-state index in [9.17, 15) is 4.79 Å². The van der Waals surface area contributed by atoms with E-state index in [0.717, 1.165) is 12.0 Å². The molecule has 1 aromatic rings. The molecule has 0 aliphatic heterocycles. The van der Waals surface area contributed by atoms with Crippen LogP contribution in [0.25, 0.3) is 0 Å². The Kier molecular flexibility index (Phi) is 3.14. The van der Waals surface area contributed by atoms with Crippen LogP contribution in [0.4, 0.5) is 0 Å². The van der Waals surface area contributed by atoms with Gasteiger partial charge in [0.15, 0.2) is 0 Å². The maximum absolute atomic E-state index is 11.7. The first-order valence-corrected chi connectivity index (χ1v) is 5.55. The molecule has 2 nitrogen and oxygen atoms in total. The van der Waals surface area contributed by atoms with Crippen molar-refractivity contribution in [2.45, 2.75) is 11.8 Å². The van der Waals surface area contributed by atoms with E-state index in [1.54, 1.807) is 6.07 Å². The first-order chi connectivity index (χ1) is 8.17. The third-order valence-corrected chi connectivity index (χ3v) is 3.01. The van der Waals surface area contributed by atoms with Crippen LogP contribution in [0.5, 0.6) is 0 Å². The molecule has 1 radical (unpaired) electrons. The van der Waals surface area contributed by atoms with Crippen molar-refractivity contribution < 1.29 is 9.53 Å². The van der Waals surface area contributed by atoms with Crippen LogP contribution in [-0.4, -0.2) is 13.1 Å². The average molecular weight is 227 g/mol. The van der Waals surface area contributed by atoms with E-state index in [1.165, 1.54) is 7.11 Å². The van der Waals surface area contributed by atoms with E-state index < -0.39 is 0 Å². The Morgan fingerprint density at radius 2 is 2.12 bits per heavy atom. The minimum atomic E-state index is -0.375. The molecule has 1 unspecified atom stereocenters. The zero-order valence-electron chi connectivity index (χ0n) is 9.85. The van der Waals surface area contributed by atoms with Gasteiger partial charge in [0.2, 0.25) is 0 Å². The molecule has 1 aromatic carbocycles. The first kappa shape index (κ1) is 11.6. The van der Waals surface area contributed by atoms with Crippen molar-refractivity contribution in [3.05, 3.63) is 66.6 Å². The second kappa shape index (κ2) is 4.58. The largest absolute Gasteiger partial charge is 0.465 e. The molecule has 87 valence electrons. The van der Waals surface area contributed by atoms with Gasteiger partial charge in [-0.05, 0) is 25.0 Å².